The van der Waals surface area contributed by atoms with E-state index in [1.807, 2.05) is 20.8 Å². The van der Waals surface area contributed by atoms with Crippen LogP contribution in [0.4, 0.5) is 0 Å². The van der Waals surface area contributed by atoms with Crippen molar-refractivity contribution in [3.05, 3.63) is 30.0 Å². The fourth-order valence-electron chi connectivity index (χ4n) is 0.987. The zero-order valence-corrected chi connectivity index (χ0v) is 8.42. The normalized spacial score (nSPS) is 12.8. The van der Waals surface area contributed by atoms with Gasteiger partial charge in [-0.15, -0.1) is 0 Å². The van der Waals surface area contributed by atoms with Gasteiger partial charge in [0.15, 0.2) is 0 Å². The van der Waals surface area contributed by atoms with Crippen molar-refractivity contribution >= 4 is 0 Å². The molecule has 1 aromatic heterocycles. The van der Waals surface area contributed by atoms with Crippen LogP contribution in [0.5, 0.6) is 0 Å². The lowest BCUT2D eigenvalue weighted by Gasteiger charge is -2.09. The molecule has 1 unspecified atom stereocenters. The predicted molar refractivity (Wildman–Crippen MR) is 52.5 cm³/mol. The highest BCUT2D eigenvalue weighted by molar-refractivity contribution is 4.97. The van der Waals surface area contributed by atoms with Crippen LogP contribution in [0.2, 0.25) is 0 Å². The van der Waals surface area contributed by atoms with Gasteiger partial charge in [-0.25, -0.2) is 4.98 Å². The second-order valence-electron chi connectivity index (χ2n) is 3.37. The van der Waals surface area contributed by atoms with Crippen molar-refractivity contribution in [3.8, 4) is 0 Å². The van der Waals surface area contributed by atoms with Gasteiger partial charge in [0.25, 0.3) is 0 Å². The number of oxazole rings is 1. The molecule has 0 aliphatic carbocycles. The molecular weight excluding hydrogens is 164 g/mol. The number of hydrogen-bond acceptors (Lipinski definition) is 3. The van der Waals surface area contributed by atoms with Crippen LogP contribution in [-0.4, -0.2) is 11.5 Å². The smallest absolute Gasteiger partial charge is 0.211 e. The lowest BCUT2D eigenvalue weighted by molar-refractivity contribution is 0.410. The van der Waals surface area contributed by atoms with E-state index in [-0.39, 0.29) is 6.04 Å². The molecule has 0 aliphatic heterocycles. The van der Waals surface area contributed by atoms with Crippen LogP contribution < -0.4 is 5.32 Å². The summed E-state index contributed by atoms with van der Waals surface area (Å²) in [6.07, 6.45) is 1.73. The Labute approximate surface area is 78.9 Å². The number of hydrogen-bond donors (Lipinski definition) is 1. The van der Waals surface area contributed by atoms with Gasteiger partial charge in [-0.1, -0.05) is 12.2 Å². The maximum Gasteiger partial charge on any atom is 0.211 e. The molecule has 1 aromatic rings. The van der Waals surface area contributed by atoms with Crippen LogP contribution in [-0.2, 0) is 0 Å². The molecule has 0 saturated carbocycles. The number of rotatable bonds is 4. The Morgan fingerprint density at radius 2 is 2.46 bits per heavy atom. The lowest BCUT2D eigenvalue weighted by atomic mass is 10.3. The van der Waals surface area contributed by atoms with Crippen molar-refractivity contribution in [2.24, 2.45) is 0 Å². The predicted octanol–water partition coefficient (Wildman–Crippen LogP) is 2.21. The number of aryl methyl sites for hydroxylation is 1. The Morgan fingerprint density at radius 1 is 1.77 bits per heavy atom. The maximum atomic E-state index is 5.37. The first kappa shape index (κ1) is 9.99. The van der Waals surface area contributed by atoms with E-state index in [1.54, 1.807) is 6.20 Å². The van der Waals surface area contributed by atoms with Gasteiger partial charge in [0, 0.05) is 6.54 Å². The Bertz CT molecular complexity index is 291. The number of nitrogens with zero attached hydrogens (tertiary/aromatic N) is 1. The van der Waals surface area contributed by atoms with Crippen LogP contribution in [0, 0.1) is 6.92 Å². The minimum absolute atomic E-state index is 0.144. The second kappa shape index (κ2) is 4.23. The van der Waals surface area contributed by atoms with E-state index in [4.69, 9.17) is 4.42 Å². The SMILES string of the molecule is C=C(C)CNC(C)c1ncc(C)o1. The first-order chi connectivity index (χ1) is 6.09. The molecule has 3 heteroatoms. The minimum Gasteiger partial charge on any atom is -0.444 e. The van der Waals surface area contributed by atoms with Gasteiger partial charge in [-0.05, 0) is 20.8 Å². The Kier molecular flexibility index (Phi) is 3.25. The van der Waals surface area contributed by atoms with Crippen LogP contribution in [0.3, 0.4) is 0 Å². The molecule has 3 nitrogen and oxygen atoms in total. The molecule has 1 atom stereocenters. The van der Waals surface area contributed by atoms with Crippen molar-refractivity contribution in [2.45, 2.75) is 26.8 Å². The van der Waals surface area contributed by atoms with E-state index in [0.29, 0.717) is 0 Å². The van der Waals surface area contributed by atoms with Gasteiger partial charge in [0.1, 0.15) is 5.76 Å². The van der Waals surface area contributed by atoms with Gasteiger partial charge >= 0.3 is 0 Å². The summed E-state index contributed by atoms with van der Waals surface area (Å²) >= 11 is 0. The third kappa shape index (κ3) is 3.03. The summed E-state index contributed by atoms with van der Waals surface area (Å²) in [5.74, 6) is 1.58. The van der Waals surface area contributed by atoms with Crippen molar-refractivity contribution in [2.75, 3.05) is 6.54 Å². The summed E-state index contributed by atoms with van der Waals surface area (Å²) in [4.78, 5) is 4.13. The Morgan fingerprint density at radius 3 is 2.92 bits per heavy atom. The molecule has 1 N–H and O–H groups in total. The maximum absolute atomic E-state index is 5.37. The van der Waals surface area contributed by atoms with Gasteiger partial charge in [-0.3, -0.25) is 0 Å². The molecule has 0 saturated heterocycles. The number of nitrogens with one attached hydrogen (secondary N) is 1. The fraction of sp³-hybridized carbons (Fsp3) is 0.500. The van der Waals surface area contributed by atoms with Crippen molar-refractivity contribution in [3.63, 3.8) is 0 Å². The van der Waals surface area contributed by atoms with E-state index in [9.17, 15) is 0 Å². The quantitative estimate of drug-likeness (QED) is 0.722. The summed E-state index contributed by atoms with van der Waals surface area (Å²) in [6.45, 7) is 10.5. The minimum atomic E-state index is 0.144. The molecule has 1 heterocycles. The zero-order chi connectivity index (χ0) is 9.84. The van der Waals surface area contributed by atoms with Gasteiger partial charge in [0.2, 0.25) is 5.89 Å². The highest BCUT2D eigenvalue weighted by Crippen LogP contribution is 2.11. The molecular formula is C10H16N2O. The summed E-state index contributed by atoms with van der Waals surface area (Å²) < 4.78 is 5.37. The second-order valence-corrected chi connectivity index (χ2v) is 3.37. The monoisotopic (exact) mass is 180 g/mol. The topological polar surface area (TPSA) is 38.1 Å². The van der Waals surface area contributed by atoms with Gasteiger partial charge in [-0.2, -0.15) is 0 Å². The molecule has 0 amide bonds. The highest BCUT2D eigenvalue weighted by atomic mass is 16.4. The molecule has 0 bridgehead atoms. The lowest BCUT2D eigenvalue weighted by Crippen LogP contribution is -2.20. The molecule has 0 aromatic carbocycles. The van der Waals surface area contributed by atoms with Crippen LogP contribution in [0.15, 0.2) is 22.8 Å². The third-order valence-corrected chi connectivity index (χ3v) is 1.72. The van der Waals surface area contributed by atoms with Crippen LogP contribution in [0.25, 0.3) is 0 Å². The standard InChI is InChI=1S/C10H16N2O/c1-7(2)5-11-9(4)10-12-6-8(3)13-10/h6,9,11H,1,5H2,2-4H3. The third-order valence-electron chi connectivity index (χ3n) is 1.72. The van der Waals surface area contributed by atoms with E-state index in [2.05, 4.69) is 16.9 Å². The molecule has 1 rings (SSSR count). The molecule has 0 radical (unpaired) electrons. The summed E-state index contributed by atoms with van der Waals surface area (Å²) in [5, 5.41) is 3.26. The fourth-order valence-corrected chi connectivity index (χ4v) is 0.987. The van der Waals surface area contributed by atoms with Crippen molar-refractivity contribution in [1.29, 1.82) is 0 Å². The summed E-state index contributed by atoms with van der Waals surface area (Å²) in [7, 11) is 0. The first-order valence-corrected chi connectivity index (χ1v) is 4.39. The van der Waals surface area contributed by atoms with E-state index in [1.165, 1.54) is 0 Å². The highest BCUT2D eigenvalue weighted by Gasteiger charge is 2.09. The number of aromatic nitrogens is 1. The van der Waals surface area contributed by atoms with E-state index in [0.717, 1.165) is 23.8 Å². The van der Waals surface area contributed by atoms with Crippen LogP contribution >= 0.6 is 0 Å². The largest absolute Gasteiger partial charge is 0.444 e. The van der Waals surface area contributed by atoms with Crippen molar-refractivity contribution in [1.82, 2.24) is 10.3 Å². The molecule has 0 aliphatic rings. The average Bonchev–Trinajstić information content (AvgIpc) is 2.47. The molecule has 13 heavy (non-hydrogen) atoms. The first-order valence-electron chi connectivity index (χ1n) is 4.39. The Balaban J connectivity index is 2.48. The van der Waals surface area contributed by atoms with E-state index < -0.39 is 0 Å². The summed E-state index contributed by atoms with van der Waals surface area (Å²) in [5.41, 5.74) is 1.11. The molecule has 0 spiro atoms. The molecule has 0 fully saturated rings. The zero-order valence-electron chi connectivity index (χ0n) is 8.42. The average molecular weight is 180 g/mol. The van der Waals surface area contributed by atoms with E-state index >= 15 is 0 Å². The van der Waals surface area contributed by atoms with Crippen LogP contribution in [0.1, 0.15) is 31.5 Å². The summed E-state index contributed by atoms with van der Waals surface area (Å²) in [6, 6.07) is 0.144. The molecule has 72 valence electrons. The van der Waals surface area contributed by atoms with Crippen molar-refractivity contribution < 1.29 is 4.42 Å². The van der Waals surface area contributed by atoms with Gasteiger partial charge in [0.05, 0.1) is 12.2 Å². The van der Waals surface area contributed by atoms with Gasteiger partial charge < -0.3 is 9.73 Å². The Hall–Kier alpha value is -1.09.